The molecule has 12 heavy (non-hydrogen) atoms. The lowest BCUT2D eigenvalue weighted by Crippen LogP contribution is -1.83. The number of halogens is 1. The molecule has 4 heteroatoms. The average molecular weight is 228 g/mol. The first-order valence-electron chi connectivity index (χ1n) is 3.38. The van der Waals surface area contributed by atoms with Crippen molar-refractivity contribution in [3.05, 3.63) is 23.0 Å². The van der Waals surface area contributed by atoms with Crippen LogP contribution in [0.1, 0.15) is 0 Å². The lowest BCUT2D eigenvalue weighted by atomic mass is 10.3. The van der Waals surface area contributed by atoms with Gasteiger partial charge in [0.15, 0.2) is 17.5 Å². The topological polar surface area (TPSA) is 35.3 Å². The fourth-order valence-electron chi connectivity index (χ4n) is 1.06. The second-order valence-electron chi connectivity index (χ2n) is 2.31. The van der Waals surface area contributed by atoms with Crippen LogP contribution in [0.3, 0.4) is 0 Å². The number of methoxy groups -OCH3 is 1. The molecule has 62 valence electrons. The van der Waals surface area contributed by atoms with Crippen molar-refractivity contribution in [2.75, 3.05) is 7.11 Å². The number of nitrogens with zero attached hydrogens (tertiary/aromatic N) is 1. The summed E-state index contributed by atoms with van der Waals surface area (Å²) in [5.74, 6) is 0.716. The van der Waals surface area contributed by atoms with Crippen LogP contribution in [-0.2, 0) is 0 Å². The minimum absolute atomic E-state index is 0.716. The van der Waals surface area contributed by atoms with Gasteiger partial charge >= 0.3 is 0 Å². The van der Waals surface area contributed by atoms with Crippen molar-refractivity contribution in [1.29, 1.82) is 0 Å². The van der Waals surface area contributed by atoms with Crippen LogP contribution < -0.4 is 4.74 Å². The van der Waals surface area contributed by atoms with E-state index in [4.69, 9.17) is 9.15 Å². The molecule has 0 saturated heterocycles. The van der Waals surface area contributed by atoms with E-state index in [1.54, 1.807) is 7.11 Å². The summed E-state index contributed by atoms with van der Waals surface area (Å²) in [7, 11) is 1.61. The number of fused-ring (bicyclic) bond motifs is 1. The van der Waals surface area contributed by atoms with Crippen LogP contribution in [0.25, 0.3) is 11.1 Å². The minimum Gasteiger partial charge on any atom is -0.494 e. The van der Waals surface area contributed by atoms with Crippen LogP contribution in [0.15, 0.2) is 27.4 Å². The predicted molar refractivity (Wildman–Crippen MR) is 48.3 cm³/mol. The SMILES string of the molecule is COc1cc(Br)cc2ocnc12. The van der Waals surface area contributed by atoms with E-state index in [1.165, 1.54) is 6.39 Å². The fraction of sp³-hybridized carbons (Fsp3) is 0.125. The fourth-order valence-corrected chi connectivity index (χ4v) is 1.47. The molecule has 0 radical (unpaired) electrons. The number of ether oxygens (including phenoxy) is 1. The Kier molecular flexibility index (Phi) is 1.77. The lowest BCUT2D eigenvalue weighted by Gasteiger charge is -1.99. The zero-order chi connectivity index (χ0) is 8.55. The van der Waals surface area contributed by atoms with Gasteiger partial charge in [-0.05, 0) is 12.1 Å². The molecule has 0 spiro atoms. The van der Waals surface area contributed by atoms with E-state index in [9.17, 15) is 0 Å². The largest absolute Gasteiger partial charge is 0.494 e. The first kappa shape index (κ1) is 7.61. The molecular formula is C8H6BrNO2. The third kappa shape index (κ3) is 1.08. The summed E-state index contributed by atoms with van der Waals surface area (Å²) in [6.45, 7) is 0. The zero-order valence-electron chi connectivity index (χ0n) is 6.37. The number of benzene rings is 1. The summed E-state index contributed by atoms with van der Waals surface area (Å²) in [6, 6.07) is 3.70. The Labute approximate surface area is 77.5 Å². The summed E-state index contributed by atoms with van der Waals surface area (Å²) < 4.78 is 11.2. The maximum Gasteiger partial charge on any atom is 0.182 e. The Hall–Kier alpha value is -1.03. The van der Waals surface area contributed by atoms with Crippen molar-refractivity contribution in [3.63, 3.8) is 0 Å². The number of hydrogen-bond donors (Lipinski definition) is 0. The second kappa shape index (κ2) is 2.79. The van der Waals surface area contributed by atoms with Crippen molar-refractivity contribution >= 4 is 27.0 Å². The van der Waals surface area contributed by atoms with E-state index in [2.05, 4.69) is 20.9 Å². The highest BCUT2D eigenvalue weighted by atomic mass is 79.9. The first-order valence-corrected chi connectivity index (χ1v) is 4.17. The molecule has 0 aliphatic carbocycles. The van der Waals surface area contributed by atoms with E-state index < -0.39 is 0 Å². The molecule has 2 rings (SSSR count). The molecule has 0 atom stereocenters. The van der Waals surface area contributed by atoms with E-state index >= 15 is 0 Å². The molecule has 0 bridgehead atoms. The van der Waals surface area contributed by atoms with Crippen molar-refractivity contribution in [2.45, 2.75) is 0 Å². The third-order valence-electron chi connectivity index (χ3n) is 1.59. The van der Waals surface area contributed by atoms with Gasteiger partial charge in [-0.2, -0.15) is 0 Å². The van der Waals surface area contributed by atoms with Crippen molar-refractivity contribution in [1.82, 2.24) is 4.98 Å². The second-order valence-corrected chi connectivity index (χ2v) is 3.22. The molecule has 1 aromatic carbocycles. The Bertz CT molecular complexity index is 410. The smallest absolute Gasteiger partial charge is 0.182 e. The van der Waals surface area contributed by atoms with Gasteiger partial charge < -0.3 is 9.15 Å². The van der Waals surface area contributed by atoms with Crippen LogP contribution in [0.5, 0.6) is 5.75 Å². The van der Waals surface area contributed by atoms with Gasteiger partial charge in [-0.15, -0.1) is 0 Å². The van der Waals surface area contributed by atoms with Crippen molar-refractivity contribution < 1.29 is 9.15 Å². The van der Waals surface area contributed by atoms with Gasteiger partial charge in [0.2, 0.25) is 0 Å². The molecule has 0 saturated carbocycles. The van der Waals surface area contributed by atoms with Gasteiger partial charge in [-0.3, -0.25) is 0 Å². The molecule has 0 N–H and O–H groups in total. The van der Waals surface area contributed by atoms with E-state index in [1.807, 2.05) is 12.1 Å². The molecule has 2 aromatic rings. The van der Waals surface area contributed by atoms with E-state index in [-0.39, 0.29) is 0 Å². The number of oxazole rings is 1. The molecule has 3 nitrogen and oxygen atoms in total. The zero-order valence-corrected chi connectivity index (χ0v) is 7.96. The molecule has 0 aliphatic rings. The Morgan fingerprint density at radius 3 is 3.08 bits per heavy atom. The van der Waals surface area contributed by atoms with Crippen LogP contribution in [0.2, 0.25) is 0 Å². The number of rotatable bonds is 1. The molecule has 1 aromatic heterocycles. The monoisotopic (exact) mass is 227 g/mol. The molecule has 0 unspecified atom stereocenters. The standard InChI is InChI=1S/C8H6BrNO2/c1-11-6-2-5(9)3-7-8(6)10-4-12-7/h2-4H,1H3. The lowest BCUT2D eigenvalue weighted by molar-refractivity contribution is 0.418. The summed E-state index contributed by atoms with van der Waals surface area (Å²) >= 11 is 3.34. The minimum atomic E-state index is 0.716. The highest BCUT2D eigenvalue weighted by Crippen LogP contribution is 2.28. The van der Waals surface area contributed by atoms with Gasteiger partial charge in [0.25, 0.3) is 0 Å². The van der Waals surface area contributed by atoms with E-state index in [0.717, 1.165) is 15.6 Å². The van der Waals surface area contributed by atoms with Crippen molar-refractivity contribution in [2.24, 2.45) is 0 Å². The van der Waals surface area contributed by atoms with Crippen LogP contribution in [0.4, 0.5) is 0 Å². The highest BCUT2D eigenvalue weighted by molar-refractivity contribution is 9.10. The van der Waals surface area contributed by atoms with Crippen LogP contribution in [0, 0.1) is 0 Å². The maximum atomic E-state index is 5.12. The van der Waals surface area contributed by atoms with Gasteiger partial charge in [0.05, 0.1) is 7.11 Å². The maximum absolute atomic E-state index is 5.12. The normalized spacial score (nSPS) is 10.5. The third-order valence-corrected chi connectivity index (χ3v) is 2.04. The van der Waals surface area contributed by atoms with Gasteiger partial charge in [0, 0.05) is 4.47 Å². The van der Waals surface area contributed by atoms with Gasteiger partial charge in [-0.1, -0.05) is 15.9 Å². The Morgan fingerprint density at radius 1 is 1.50 bits per heavy atom. The number of hydrogen-bond acceptors (Lipinski definition) is 3. The summed E-state index contributed by atoms with van der Waals surface area (Å²) in [4.78, 5) is 4.02. The Morgan fingerprint density at radius 2 is 2.33 bits per heavy atom. The number of aromatic nitrogens is 1. The molecule has 1 heterocycles. The molecular weight excluding hydrogens is 222 g/mol. The van der Waals surface area contributed by atoms with Crippen LogP contribution >= 0.6 is 15.9 Å². The average Bonchev–Trinajstić information content (AvgIpc) is 2.50. The summed E-state index contributed by atoms with van der Waals surface area (Å²) in [6.07, 6.45) is 1.40. The highest BCUT2D eigenvalue weighted by Gasteiger charge is 2.06. The molecule has 0 amide bonds. The first-order chi connectivity index (χ1) is 5.81. The quantitative estimate of drug-likeness (QED) is 0.752. The Balaban J connectivity index is 2.80. The van der Waals surface area contributed by atoms with Gasteiger partial charge in [0.1, 0.15) is 5.75 Å². The van der Waals surface area contributed by atoms with Crippen LogP contribution in [-0.4, -0.2) is 12.1 Å². The molecule has 0 aliphatic heterocycles. The van der Waals surface area contributed by atoms with Crippen molar-refractivity contribution in [3.8, 4) is 5.75 Å². The summed E-state index contributed by atoms with van der Waals surface area (Å²) in [5, 5.41) is 0. The van der Waals surface area contributed by atoms with E-state index in [0.29, 0.717) is 5.75 Å². The predicted octanol–water partition coefficient (Wildman–Crippen LogP) is 2.60. The summed E-state index contributed by atoms with van der Waals surface area (Å²) in [5.41, 5.74) is 1.47. The van der Waals surface area contributed by atoms with Gasteiger partial charge in [-0.25, -0.2) is 4.98 Å². The molecule has 0 fully saturated rings.